The Hall–Kier alpha value is -3.42. The highest BCUT2D eigenvalue weighted by Gasteiger charge is 2.54. The Morgan fingerprint density at radius 2 is 1.88 bits per heavy atom. The van der Waals surface area contributed by atoms with Gasteiger partial charge >= 0.3 is 11.9 Å². The van der Waals surface area contributed by atoms with Gasteiger partial charge in [-0.2, -0.15) is 0 Å². The number of esters is 2. The minimum absolute atomic E-state index is 0. The van der Waals surface area contributed by atoms with Crippen LogP contribution in [0.15, 0.2) is 52.1 Å². The molecule has 1 fully saturated rings. The smallest absolute Gasteiger partial charge is 0.358 e. The largest absolute Gasteiger partial charge is 0.425 e. The number of thioether (sulfide) groups is 2. The van der Waals surface area contributed by atoms with Gasteiger partial charge in [-0.25, -0.2) is 14.5 Å². The molecule has 20 heteroatoms. The number of likely N-dealkylation sites (N-methyl/N-ethyl adjacent to an activating group) is 1. The quantitative estimate of drug-likeness (QED) is 0.0990. The highest BCUT2D eigenvalue weighted by Crippen LogP contribution is 2.42. The summed E-state index contributed by atoms with van der Waals surface area (Å²) in [7, 11) is 3.90. The minimum Gasteiger partial charge on any atom is -0.425 e. The van der Waals surface area contributed by atoms with Crippen LogP contribution in [0.25, 0.3) is 0 Å². The predicted octanol–water partition coefficient (Wildman–Crippen LogP) is 2.42. The highest BCUT2D eigenvalue weighted by molar-refractivity contribution is 8.01. The number of nitrogens with zero attached hydrogens (tertiary/aromatic N) is 7. The summed E-state index contributed by atoms with van der Waals surface area (Å²) in [4.78, 5) is 60.6. The maximum absolute atomic E-state index is 13.9. The average Bonchev–Trinajstić information content (AvgIpc) is 3.68. The number of β-lactam (4-membered cyclic amide) rings is 1. The lowest BCUT2D eigenvalue weighted by atomic mass is 10.0. The van der Waals surface area contributed by atoms with Crippen molar-refractivity contribution in [1.29, 1.82) is 0 Å². The molecule has 0 spiro atoms. The summed E-state index contributed by atoms with van der Waals surface area (Å²) in [6.45, 7) is 4.82. The van der Waals surface area contributed by atoms with Crippen LogP contribution in [0, 0.1) is 5.92 Å². The van der Waals surface area contributed by atoms with Crippen molar-refractivity contribution in [3.05, 3.63) is 58.2 Å². The first-order chi connectivity index (χ1) is 23.0. The molecule has 15 nitrogen and oxygen atoms in total. The molecule has 50 heavy (non-hydrogen) atoms. The summed E-state index contributed by atoms with van der Waals surface area (Å²) in [6.07, 6.45) is -1.22. The highest BCUT2D eigenvalue weighted by atomic mass is 35.5. The number of aromatic nitrogens is 5. The molecule has 1 unspecified atom stereocenters. The van der Waals surface area contributed by atoms with Crippen LogP contribution in [-0.4, -0.2) is 109 Å². The van der Waals surface area contributed by atoms with Crippen molar-refractivity contribution >= 4 is 88.6 Å². The van der Waals surface area contributed by atoms with Gasteiger partial charge in [0.25, 0.3) is 5.91 Å². The number of ether oxygens (including phenoxy) is 2. The van der Waals surface area contributed by atoms with E-state index in [1.54, 1.807) is 36.0 Å². The molecule has 2 amide bonds. The first kappa shape index (κ1) is 41.0. The van der Waals surface area contributed by atoms with Crippen molar-refractivity contribution in [1.82, 2.24) is 40.3 Å². The Bertz CT molecular complexity index is 1670. The Morgan fingerprint density at radius 1 is 1.14 bits per heavy atom. The normalized spacial score (nSPS) is 17.3. The van der Waals surface area contributed by atoms with Gasteiger partial charge in [0.2, 0.25) is 17.4 Å². The zero-order chi connectivity index (χ0) is 34.4. The molecule has 0 bridgehead atoms. The topological polar surface area (TPSA) is 188 Å². The summed E-state index contributed by atoms with van der Waals surface area (Å²) in [5, 5.41) is 16.8. The first-order valence-electron chi connectivity index (χ1n) is 15.1. The number of hydrogen-bond donors (Lipinski definition) is 2. The van der Waals surface area contributed by atoms with Crippen molar-refractivity contribution in [2.45, 2.75) is 56.1 Å². The molecular formula is C30H39Cl2N9O6S3. The number of nitrogens with one attached hydrogen (secondary N) is 1. The minimum atomic E-state index is -1.20. The maximum atomic E-state index is 13.9. The molecule has 3 atom stereocenters. The fourth-order valence-electron chi connectivity index (χ4n) is 4.85. The van der Waals surface area contributed by atoms with Gasteiger partial charge in [-0.3, -0.25) is 19.3 Å². The van der Waals surface area contributed by atoms with E-state index in [9.17, 15) is 19.2 Å². The summed E-state index contributed by atoms with van der Waals surface area (Å²) in [6, 6.07) is 8.25. The van der Waals surface area contributed by atoms with E-state index in [0.717, 1.165) is 12.1 Å². The second-order valence-electron chi connectivity index (χ2n) is 11.7. The second kappa shape index (κ2) is 18.7. The van der Waals surface area contributed by atoms with E-state index in [1.165, 1.54) is 39.8 Å². The molecule has 2 aliphatic rings. The van der Waals surface area contributed by atoms with Crippen molar-refractivity contribution in [3.8, 4) is 0 Å². The summed E-state index contributed by atoms with van der Waals surface area (Å²) in [5.41, 5.74) is 7.64. The molecule has 2 aromatic heterocycles. The number of carbonyl (C=O) groups excluding carboxylic acids is 4. The Kier molecular flexibility index (Phi) is 15.3. The van der Waals surface area contributed by atoms with Crippen LogP contribution >= 0.6 is 59.7 Å². The van der Waals surface area contributed by atoms with Gasteiger partial charge in [0.15, 0.2) is 5.13 Å². The van der Waals surface area contributed by atoms with E-state index in [1.807, 2.05) is 37.2 Å². The molecule has 2 aliphatic heterocycles. The molecule has 5 rings (SSSR count). The molecule has 0 aliphatic carbocycles. The first-order valence-corrected chi connectivity index (χ1v) is 18.1. The van der Waals surface area contributed by atoms with Crippen LogP contribution in [-0.2, 0) is 48.0 Å². The number of nitrogen functional groups attached to an aromatic ring is 1. The molecule has 272 valence electrons. The van der Waals surface area contributed by atoms with Gasteiger partial charge in [0.05, 0.1) is 25.1 Å². The summed E-state index contributed by atoms with van der Waals surface area (Å²) in [5.74, 6) is -1.90. The molecule has 3 N–H and O–H groups in total. The van der Waals surface area contributed by atoms with E-state index in [4.69, 9.17) is 15.2 Å². The number of benzene rings is 1. The van der Waals surface area contributed by atoms with Crippen LogP contribution in [0.1, 0.15) is 25.1 Å². The van der Waals surface area contributed by atoms with Gasteiger partial charge in [0.1, 0.15) is 17.1 Å². The van der Waals surface area contributed by atoms with Crippen LogP contribution in [0.5, 0.6) is 0 Å². The fraction of sp³-hybridized carbons (Fsp3) is 0.467. The van der Waals surface area contributed by atoms with E-state index in [-0.39, 0.29) is 55.2 Å². The van der Waals surface area contributed by atoms with Crippen molar-refractivity contribution in [2.24, 2.45) is 5.92 Å². The maximum Gasteiger partial charge on any atom is 0.358 e. The molecule has 0 saturated carbocycles. The zero-order valence-electron chi connectivity index (χ0n) is 27.7. The van der Waals surface area contributed by atoms with Gasteiger partial charge < -0.3 is 25.4 Å². The third kappa shape index (κ3) is 10.3. The van der Waals surface area contributed by atoms with Crippen molar-refractivity contribution in [3.63, 3.8) is 0 Å². The molecular weight excluding hydrogens is 749 g/mol. The molecule has 1 saturated heterocycles. The van der Waals surface area contributed by atoms with Gasteiger partial charge in [-0.15, -0.1) is 53.0 Å². The van der Waals surface area contributed by atoms with Gasteiger partial charge in [-0.05, 0) is 35.7 Å². The average molecular weight is 789 g/mol. The van der Waals surface area contributed by atoms with E-state index < -0.39 is 35.6 Å². The van der Waals surface area contributed by atoms with Crippen LogP contribution in [0.3, 0.4) is 0 Å². The van der Waals surface area contributed by atoms with Gasteiger partial charge in [0, 0.05) is 29.3 Å². The lowest BCUT2D eigenvalue weighted by Crippen LogP contribution is -2.70. The predicted molar refractivity (Wildman–Crippen MR) is 195 cm³/mol. The van der Waals surface area contributed by atoms with E-state index in [2.05, 4.69) is 25.8 Å². The van der Waals surface area contributed by atoms with Crippen LogP contribution in [0.2, 0.25) is 0 Å². The van der Waals surface area contributed by atoms with Gasteiger partial charge in [-0.1, -0.05) is 55.9 Å². The van der Waals surface area contributed by atoms with E-state index in [0.29, 0.717) is 39.6 Å². The number of rotatable bonds is 15. The number of fused-ring (bicyclic) bond motifs is 1. The number of nitrogens with two attached hydrogens (primary N) is 1. The summed E-state index contributed by atoms with van der Waals surface area (Å²) < 4.78 is 13.1. The summed E-state index contributed by atoms with van der Waals surface area (Å²) >= 11 is 3.99. The third-order valence-electron chi connectivity index (χ3n) is 7.31. The zero-order valence-corrected chi connectivity index (χ0v) is 31.8. The Morgan fingerprint density at radius 3 is 2.54 bits per heavy atom. The molecule has 1 aromatic carbocycles. The van der Waals surface area contributed by atoms with Crippen molar-refractivity contribution < 1.29 is 28.7 Å². The fourth-order valence-corrected chi connectivity index (χ4v) is 7.80. The standard InChI is InChI=1S/C30H37N9O6S3.2ClH/c1-17(2)28(44-22(41)12-18-8-6-5-7-9-18)45-27(43)24-19(15-48-30-34-35-36-38(30)11-10-37(3)4)14-46-26-23(25(42)39(24)26)33-21(40)13-20-16-47-29(31)32-20;;/h5-9,16-17,23,26,28H,10-15H2,1-4H3,(H2,31,32)(H,33,40);2*1H/t23-,26+,28?;;/m1../s1. The molecule has 4 heterocycles. The Balaban J connectivity index is 0.00000338. The lowest BCUT2D eigenvalue weighted by Gasteiger charge is -2.49. The van der Waals surface area contributed by atoms with Crippen LogP contribution < -0.4 is 11.1 Å². The number of carbonyl (C=O) groups is 4. The number of tetrazole rings is 1. The number of amides is 2. The van der Waals surface area contributed by atoms with E-state index >= 15 is 0 Å². The number of hydrogen-bond acceptors (Lipinski definition) is 15. The molecule has 0 radical (unpaired) electrons. The van der Waals surface area contributed by atoms with Crippen LogP contribution in [0.4, 0.5) is 5.13 Å². The number of thiazole rings is 1. The number of anilines is 1. The third-order valence-corrected chi connectivity index (χ3v) is 10.4. The Labute approximate surface area is 314 Å². The monoisotopic (exact) mass is 787 g/mol. The lowest BCUT2D eigenvalue weighted by molar-refractivity contribution is -0.194. The number of halogens is 2. The molecule has 3 aromatic rings. The SMILES string of the molecule is CC(C)C(OC(=O)Cc1ccccc1)OC(=O)C1=C(CSc2nnnn2CCN(C)C)CS[C@H]2[C@H](NC(=O)Cc3csc(N)n3)C(=O)N12.Cl.Cl. The second-order valence-corrected chi connectivity index (χ2v) is 14.6. The van der Waals surface area contributed by atoms with Crippen molar-refractivity contribution in [2.75, 3.05) is 37.9 Å².